The van der Waals surface area contributed by atoms with Crippen LogP contribution in [0.25, 0.3) is 0 Å². The number of fused-ring (bicyclic) bond motifs is 1. The molecule has 0 unspecified atom stereocenters. The molecule has 4 rings (SSSR count). The predicted molar refractivity (Wildman–Crippen MR) is 131 cm³/mol. The van der Waals surface area contributed by atoms with Crippen molar-refractivity contribution < 1.29 is 14.3 Å². The summed E-state index contributed by atoms with van der Waals surface area (Å²) < 4.78 is 5.14. The van der Waals surface area contributed by atoms with Crippen LogP contribution in [0.5, 0.6) is 0 Å². The largest absolute Gasteiger partial charge is 0.466 e. The van der Waals surface area contributed by atoms with Gasteiger partial charge < -0.3 is 15.0 Å². The number of ether oxygens (including phenoxy) is 1. The molecule has 1 N–H and O–H groups in total. The second-order valence-corrected chi connectivity index (χ2v) is 8.61. The van der Waals surface area contributed by atoms with Crippen molar-refractivity contribution in [2.45, 2.75) is 32.2 Å². The van der Waals surface area contributed by atoms with Crippen molar-refractivity contribution >= 4 is 28.8 Å². The van der Waals surface area contributed by atoms with Gasteiger partial charge in [-0.25, -0.2) is 9.79 Å². The molecule has 2 aliphatic heterocycles. The van der Waals surface area contributed by atoms with E-state index in [0.717, 1.165) is 28.5 Å². The van der Waals surface area contributed by atoms with Crippen molar-refractivity contribution in [1.29, 1.82) is 0 Å². The average molecular weight is 462 g/mol. The molecule has 0 bridgehead atoms. The highest BCUT2D eigenvalue weighted by atomic mass is 32.2. The highest BCUT2D eigenvalue weighted by Gasteiger charge is 2.41. The molecule has 2 aliphatic rings. The number of esters is 1. The third-order valence-electron chi connectivity index (χ3n) is 5.66. The molecular formula is C26H27N3O3S. The zero-order chi connectivity index (χ0) is 23.2. The molecular weight excluding hydrogens is 434 g/mol. The van der Waals surface area contributed by atoms with E-state index in [2.05, 4.69) is 17.4 Å². The van der Waals surface area contributed by atoms with Crippen LogP contribution in [-0.4, -0.2) is 35.6 Å². The van der Waals surface area contributed by atoms with Gasteiger partial charge in [0.05, 0.1) is 30.8 Å². The van der Waals surface area contributed by atoms with Gasteiger partial charge in [0, 0.05) is 12.2 Å². The van der Waals surface area contributed by atoms with Crippen LogP contribution in [-0.2, 0) is 20.7 Å². The molecule has 7 heteroatoms. The summed E-state index contributed by atoms with van der Waals surface area (Å²) in [6.45, 7) is 2.55. The van der Waals surface area contributed by atoms with Crippen LogP contribution in [0, 0.1) is 0 Å². The van der Waals surface area contributed by atoms with Crippen molar-refractivity contribution in [2.24, 2.45) is 4.99 Å². The Bertz CT molecular complexity index is 1110. The number of thioether (sulfide) groups is 1. The Balaban J connectivity index is 1.55. The summed E-state index contributed by atoms with van der Waals surface area (Å²) in [5, 5.41) is 5.75. The lowest BCUT2D eigenvalue weighted by molar-refractivity contribution is -0.136. The zero-order valence-corrected chi connectivity index (χ0v) is 19.6. The first-order chi connectivity index (χ1) is 16.1. The predicted octanol–water partition coefficient (Wildman–Crippen LogP) is 4.57. The topological polar surface area (TPSA) is 71.0 Å². The van der Waals surface area contributed by atoms with Gasteiger partial charge in [-0.3, -0.25) is 4.79 Å². The maximum Gasteiger partial charge on any atom is 0.338 e. The lowest BCUT2D eigenvalue weighted by Crippen LogP contribution is -2.38. The van der Waals surface area contributed by atoms with Crippen LogP contribution >= 0.6 is 11.8 Å². The second-order valence-electron chi connectivity index (χ2n) is 7.77. The van der Waals surface area contributed by atoms with E-state index in [0.29, 0.717) is 18.5 Å². The van der Waals surface area contributed by atoms with Gasteiger partial charge in [0.1, 0.15) is 0 Å². The number of nitrogens with one attached hydrogen (secondary N) is 1. The number of aliphatic imine (C=N–C) groups is 1. The van der Waals surface area contributed by atoms with Crippen LogP contribution in [0.15, 0.2) is 88.0 Å². The summed E-state index contributed by atoms with van der Waals surface area (Å²) in [5.74, 6) is -0.456. The number of nitrogens with zero attached hydrogens (tertiary/aromatic N) is 2. The van der Waals surface area contributed by atoms with E-state index in [4.69, 9.17) is 9.73 Å². The molecule has 0 aromatic heterocycles. The number of amidine groups is 1. The number of methoxy groups -OCH3 is 1. The number of allylic oxidation sites excluding steroid dienone is 1. The van der Waals surface area contributed by atoms with Crippen molar-refractivity contribution in [3.8, 4) is 0 Å². The molecule has 1 atom stereocenters. The molecule has 0 spiro atoms. The van der Waals surface area contributed by atoms with Crippen LogP contribution < -0.4 is 5.32 Å². The molecule has 0 saturated carbocycles. The summed E-state index contributed by atoms with van der Waals surface area (Å²) >= 11 is 1.48. The van der Waals surface area contributed by atoms with Crippen molar-refractivity contribution in [3.05, 3.63) is 94.2 Å². The number of benzene rings is 2. The SMILES string of the molecule is CCC1=C(C(=O)OC)[C@@H](c2ccccc2)N2C(CC(=O)NCCc3ccccc3)=CSC2=N1. The molecule has 6 nitrogen and oxygen atoms in total. The molecule has 2 aromatic rings. The van der Waals surface area contributed by atoms with Gasteiger partial charge in [0.25, 0.3) is 0 Å². The average Bonchev–Trinajstić information content (AvgIpc) is 3.25. The number of carbonyl (C=O) groups excluding carboxylic acids is 2. The minimum atomic E-state index is -0.396. The summed E-state index contributed by atoms with van der Waals surface area (Å²) in [6, 6.07) is 19.5. The molecule has 2 aromatic carbocycles. The number of carbonyl (C=O) groups is 2. The van der Waals surface area contributed by atoms with Crippen molar-refractivity contribution in [2.75, 3.05) is 13.7 Å². The Morgan fingerprint density at radius 2 is 1.79 bits per heavy atom. The molecule has 170 valence electrons. The normalized spacial score (nSPS) is 17.3. The Morgan fingerprint density at radius 1 is 1.09 bits per heavy atom. The molecule has 2 heterocycles. The van der Waals surface area contributed by atoms with Gasteiger partial charge in [-0.2, -0.15) is 0 Å². The standard InChI is InChI=1S/C26H27N3O3S/c1-3-21-23(25(31)32-2)24(19-12-8-5-9-13-19)29-20(17-33-26(29)28-21)16-22(30)27-15-14-18-10-6-4-7-11-18/h4-13,17,24H,3,14-16H2,1-2H3,(H,27,30)/t24-/m1/s1. The highest BCUT2D eigenvalue weighted by molar-refractivity contribution is 8.16. The van der Waals surface area contributed by atoms with Gasteiger partial charge >= 0.3 is 5.97 Å². The Morgan fingerprint density at radius 3 is 2.45 bits per heavy atom. The highest BCUT2D eigenvalue weighted by Crippen LogP contribution is 2.45. The lowest BCUT2D eigenvalue weighted by atomic mass is 9.93. The van der Waals surface area contributed by atoms with Crippen molar-refractivity contribution in [1.82, 2.24) is 10.2 Å². The summed E-state index contributed by atoms with van der Waals surface area (Å²) in [6.07, 6.45) is 1.60. The molecule has 1 amide bonds. The van der Waals surface area contributed by atoms with Gasteiger partial charge in [-0.15, -0.1) is 0 Å². The first-order valence-corrected chi connectivity index (χ1v) is 11.9. The Hall–Kier alpha value is -3.32. The van der Waals surface area contributed by atoms with Crippen LogP contribution in [0.1, 0.15) is 36.9 Å². The van der Waals surface area contributed by atoms with Gasteiger partial charge in [0.15, 0.2) is 5.17 Å². The molecule has 0 radical (unpaired) electrons. The van der Waals surface area contributed by atoms with E-state index in [1.807, 2.05) is 65.8 Å². The summed E-state index contributed by atoms with van der Waals surface area (Å²) in [4.78, 5) is 32.4. The number of amides is 1. The number of rotatable bonds is 8. The summed E-state index contributed by atoms with van der Waals surface area (Å²) in [5.41, 5.74) is 4.20. The van der Waals surface area contributed by atoms with E-state index in [9.17, 15) is 9.59 Å². The van der Waals surface area contributed by atoms with E-state index in [1.54, 1.807) is 0 Å². The number of hydrogen-bond acceptors (Lipinski definition) is 6. The van der Waals surface area contributed by atoms with E-state index < -0.39 is 5.97 Å². The van der Waals surface area contributed by atoms with Crippen LogP contribution in [0.3, 0.4) is 0 Å². The maximum absolute atomic E-state index is 12.8. The Kier molecular flexibility index (Phi) is 7.29. The molecule has 33 heavy (non-hydrogen) atoms. The second kappa shape index (κ2) is 10.5. The minimum absolute atomic E-state index is 0.0595. The third-order valence-corrected chi connectivity index (χ3v) is 6.55. The van der Waals surface area contributed by atoms with E-state index in [1.165, 1.54) is 24.4 Å². The van der Waals surface area contributed by atoms with Crippen LogP contribution in [0.4, 0.5) is 0 Å². The monoisotopic (exact) mass is 461 g/mol. The van der Waals surface area contributed by atoms with Gasteiger partial charge in [0.2, 0.25) is 5.91 Å². The molecule has 0 aliphatic carbocycles. The van der Waals surface area contributed by atoms with Crippen molar-refractivity contribution in [3.63, 3.8) is 0 Å². The smallest absolute Gasteiger partial charge is 0.338 e. The fraction of sp³-hybridized carbons (Fsp3) is 0.269. The number of hydrogen-bond donors (Lipinski definition) is 1. The van der Waals surface area contributed by atoms with E-state index >= 15 is 0 Å². The summed E-state index contributed by atoms with van der Waals surface area (Å²) in [7, 11) is 1.39. The van der Waals surface area contributed by atoms with Gasteiger partial charge in [-0.1, -0.05) is 79.3 Å². The lowest BCUT2D eigenvalue weighted by Gasteiger charge is -2.36. The third kappa shape index (κ3) is 5.03. The molecule has 0 fully saturated rings. The fourth-order valence-corrected chi connectivity index (χ4v) is 5.02. The van der Waals surface area contributed by atoms with Crippen LogP contribution in [0.2, 0.25) is 0 Å². The molecule has 0 saturated heterocycles. The maximum atomic E-state index is 12.8. The first-order valence-electron chi connectivity index (χ1n) is 11.0. The van der Waals surface area contributed by atoms with E-state index in [-0.39, 0.29) is 18.4 Å². The Labute approximate surface area is 198 Å². The fourth-order valence-electron chi connectivity index (χ4n) is 4.08. The minimum Gasteiger partial charge on any atom is -0.466 e. The zero-order valence-electron chi connectivity index (χ0n) is 18.8. The van der Waals surface area contributed by atoms with Gasteiger partial charge in [-0.05, 0) is 29.4 Å². The first kappa shape index (κ1) is 22.9. The quantitative estimate of drug-likeness (QED) is 0.583.